The molecule has 0 spiro atoms. The maximum absolute atomic E-state index is 5.67. The number of hydrogen-bond acceptors (Lipinski definition) is 2. The third-order valence-corrected chi connectivity index (χ3v) is 4.50. The number of methoxy groups -OCH3 is 2. The molecule has 0 radical (unpaired) electrons. The fourth-order valence-corrected chi connectivity index (χ4v) is 3.74. The Bertz CT molecular complexity index is 206. The van der Waals surface area contributed by atoms with Crippen molar-refractivity contribution in [1.82, 2.24) is 0 Å². The van der Waals surface area contributed by atoms with Gasteiger partial charge in [0.05, 0.1) is 0 Å². The summed E-state index contributed by atoms with van der Waals surface area (Å²) in [6, 6.07) is 0. The van der Waals surface area contributed by atoms with Crippen LogP contribution in [0.1, 0.15) is 33.1 Å². The Morgan fingerprint density at radius 3 is 1.85 bits per heavy atom. The van der Waals surface area contributed by atoms with E-state index in [9.17, 15) is 0 Å². The van der Waals surface area contributed by atoms with Crippen LogP contribution in [0.4, 0.5) is 0 Å². The van der Waals surface area contributed by atoms with E-state index in [0.717, 1.165) is 5.92 Å². The second kappa shape index (κ2) is 2.71. The van der Waals surface area contributed by atoms with Gasteiger partial charge in [-0.1, -0.05) is 13.8 Å². The van der Waals surface area contributed by atoms with E-state index < -0.39 is 0 Å². The maximum Gasteiger partial charge on any atom is 0.175 e. The number of hydrogen-bond donors (Lipinski definition) is 0. The van der Waals surface area contributed by atoms with Crippen molar-refractivity contribution < 1.29 is 9.47 Å². The highest BCUT2D eigenvalue weighted by Crippen LogP contribution is 2.62. The molecular weight excluding hydrogens is 164 g/mol. The van der Waals surface area contributed by atoms with E-state index >= 15 is 0 Å². The lowest BCUT2D eigenvalue weighted by atomic mass is 9.71. The van der Waals surface area contributed by atoms with Gasteiger partial charge in [-0.25, -0.2) is 0 Å². The first-order valence-corrected chi connectivity index (χ1v) is 5.19. The van der Waals surface area contributed by atoms with Crippen LogP contribution in [0.3, 0.4) is 0 Å². The summed E-state index contributed by atoms with van der Waals surface area (Å²) in [5.41, 5.74) is 0.180. The van der Waals surface area contributed by atoms with Crippen molar-refractivity contribution in [1.29, 1.82) is 0 Å². The van der Waals surface area contributed by atoms with Gasteiger partial charge in [0.25, 0.3) is 0 Å². The van der Waals surface area contributed by atoms with E-state index in [2.05, 4.69) is 13.8 Å². The summed E-state index contributed by atoms with van der Waals surface area (Å²) in [5, 5.41) is 0. The minimum absolute atomic E-state index is 0.180. The lowest BCUT2D eigenvalue weighted by Gasteiger charge is -2.47. The predicted octanol–water partition coefficient (Wildman–Crippen LogP) is 2.43. The van der Waals surface area contributed by atoms with E-state index in [1.165, 1.54) is 19.3 Å². The van der Waals surface area contributed by atoms with E-state index in [4.69, 9.17) is 9.47 Å². The molecule has 0 saturated heterocycles. The normalized spacial score (nSPS) is 39.7. The Morgan fingerprint density at radius 2 is 1.54 bits per heavy atom. The maximum atomic E-state index is 5.67. The average Bonchev–Trinajstić information content (AvgIpc) is 2.62. The van der Waals surface area contributed by atoms with Crippen molar-refractivity contribution in [2.24, 2.45) is 17.3 Å². The smallest absolute Gasteiger partial charge is 0.175 e. The van der Waals surface area contributed by atoms with Crippen LogP contribution in [0.25, 0.3) is 0 Å². The monoisotopic (exact) mass is 184 g/mol. The quantitative estimate of drug-likeness (QED) is 0.614. The van der Waals surface area contributed by atoms with Gasteiger partial charge in [-0.3, -0.25) is 0 Å². The van der Waals surface area contributed by atoms with Crippen molar-refractivity contribution in [3.8, 4) is 0 Å². The van der Waals surface area contributed by atoms with Crippen LogP contribution >= 0.6 is 0 Å². The van der Waals surface area contributed by atoms with Gasteiger partial charge in [-0.05, 0) is 25.2 Å². The first-order valence-electron chi connectivity index (χ1n) is 5.19. The zero-order valence-corrected chi connectivity index (χ0v) is 9.09. The van der Waals surface area contributed by atoms with Crippen molar-refractivity contribution in [2.45, 2.75) is 38.9 Å². The second-order valence-electron chi connectivity index (χ2n) is 5.00. The Hall–Kier alpha value is -0.0800. The molecule has 2 unspecified atom stereocenters. The van der Waals surface area contributed by atoms with Crippen molar-refractivity contribution >= 4 is 0 Å². The highest BCUT2D eigenvalue weighted by atomic mass is 16.7. The second-order valence-corrected chi connectivity index (χ2v) is 5.00. The molecule has 2 aliphatic carbocycles. The zero-order chi connectivity index (χ0) is 9.69. The molecule has 2 heteroatoms. The third-order valence-electron chi connectivity index (χ3n) is 4.50. The van der Waals surface area contributed by atoms with Crippen LogP contribution in [0.15, 0.2) is 0 Å². The summed E-state index contributed by atoms with van der Waals surface area (Å²) in [6.07, 6.45) is 3.91. The van der Waals surface area contributed by atoms with Crippen LogP contribution in [-0.4, -0.2) is 20.0 Å². The minimum atomic E-state index is -0.310. The Kier molecular flexibility index (Phi) is 1.97. The zero-order valence-electron chi connectivity index (χ0n) is 9.09. The summed E-state index contributed by atoms with van der Waals surface area (Å²) < 4.78 is 11.3. The first kappa shape index (κ1) is 9.47. The number of fused-ring (bicyclic) bond motifs is 2. The molecule has 2 nitrogen and oxygen atoms in total. The molecule has 2 fully saturated rings. The third kappa shape index (κ3) is 0.909. The Labute approximate surface area is 80.6 Å². The van der Waals surface area contributed by atoms with Gasteiger partial charge in [0.1, 0.15) is 0 Å². The fraction of sp³-hybridized carbons (Fsp3) is 1.00. The lowest BCUT2D eigenvalue weighted by molar-refractivity contribution is -0.290. The summed E-state index contributed by atoms with van der Waals surface area (Å²) in [7, 11) is 3.57. The van der Waals surface area contributed by atoms with Gasteiger partial charge in [0.15, 0.2) is 5.79 Å². The summed E-state index contributed by atoms with van der Waals surface area (Å²) in [4.78, 5) is 0. The van der Waals surface area contributed by atoms with Crippen molar-refractivity contribution in [2.75, 3.05) is 14.2 Å². The molecule has 0 aliphatic heterocycles. The fourth-order valence-electron chi connectivity index (χ4n) is 3.74. The summed E-state index contributed by atoms with van der Waals surface area (Å²) >= 11 is 0. The molecule has 2 aliphatic rings. The van der Waals surface area contributed by atoms with E-state index in [0.29, 0.717) is 5.92 Å². The van der Waals surface area contributed by atoms with Gasteiger partial charge >= 0.3 is 0 Å². The van der Waals surface area contributed by atoms with E-state index in [-0.39, 0.29) is 11.2 Å². The van der Waals surface area contributed by atoms with Crippen molar-refractivity contribution in [3.05, 3.63) is 0 Å². The molecule has 0 aromatic heterocycles. The standard InChI is InChI=1S/C11H20O2/c1-10(2)8-5-6-9(7-8)11(10,12-3)13-4/h8-9H,5-7H2,1-4H3. The topological polar surface area (TPSA) is 18.5 Å². The van der Waals surface area contributed by atoms with E-state index in [1.54, 1.807) is 14.2 Å². The molecule has 2 saturated carbocycles. The largest absolute Gasteiger partial charge is 0.352 e. The lowest BCUT2D eigenvalue weighted by Crippen LogP contribution is -2.52. The van der Waals surface area contributed by atoms with Gasteiger partial charge in [0, 0.05) is 25.6 Å². The molecule has 0 aromatic rings. The van der Waals surface area contributed by atoms with Crippen LogP contribution in [0.2, 0.25) is 0 Å². The highest BCUT2D eigenvalue weighted by molar-refractivity contribution is 5.08. The molecule has 13 heavy (non-hydrogen) atoms. The van der Waals surface area contributed by atoms with Crippen molar-refractivity contribution in [3.63, 3.8) is 0 Å². The van der Waals surface area contributed by atoms with Crippen LogP contribution < -0.4 is 0 Å². The molecule has 2 bridgehead atoms. The highest BCUT2D eigenvalue weighted by Gasteiger charge is 2.64. The van der Waals surface area contributed by atoms with Crippen LogP contribution in [0, 0.1) is 17.3 Å². The summed E-state index contributed by atoms with van der Waals surface area (Å²) in [6.45, 7) is 4.56. The Morgan fingerprint density at radius 1 is 1.00 bits per heavy atom. The molecule has 0 aromatic carbocycles. The molecule has 2 rings (SSSR count). The number of ether oxygens (including phenoxy) is 2. The van der Waals surface area contributed by atoms with Crippen LogP contribution in [0.5, 0.6) is 0 Å². The van der Waals surface area contributed by atoms with Gasteiger partial charge in [0.2, 0.25) is 0 Å². The Balaban J connectivity index is 2.36. The summed E-state index contributed by atoms with van der Waals surface area (Å²) in [5.74, 6) is 1.09. The SMILES string of the molecule is COC1(OC)C2CCC(C2)C1(C)C. The molecule has 2 atom stereocenters. The van der Waals surface area contributed by atoms with Gasteiger partial charge < -0.3 is 9.47 Å². The average molecular weight is 184 g/mol. The molecule has 0 amide bonds. The molecule has 0 heterocycles. The molecular formula is C11H20O2. The van der Waals surface area contributed by atoms with Gasteiger partial charge in [-0.2, -0.15) is 0 Å². The molecule has 0 N–H and O–H groups in total. The minimum Gasteiger partial charge on any atom is -0.352 e. The first-order chi connectivity index (χ1) is 6.08. The number of rotatable bonds is 2. The van der Waals surface area contributed by atoms with E-state index in [1.807, 2.05) is 0 Å². The van der Waals surface area contributed by atoms with Gasteiger partial charge in [-0.15, -0.1) is 0 Å². The van der Waals surface area contributed by atoms with Crippen LogP contribution in [-0.2, 0) is 9.47 Å². The molecule has 76 valence electrons. The predicted molar refractivity (Wildman–Crippen MR) is 51.4 cm³/mol.